The first kappa shape index (κ1) is 9.44. The van der Waals surface area contributed by atoms with Crippen LogP contribution < -0.4 is 0 Å². The van der Waals surface area contributed by atoms with Crippen LogP contribution in [0.4, 0.5) is 0 Å². The maximum Gasteiger partial charge on any atom is 0.146 e. The summed E-state index contributed by atoms with van der Waals surface area (Å²) in [6, 6.07) is 0. The summed E-state index contributed by atoms with van der Waals surface area (Å²) in [5.41, 5.74) is 0.793. The quantitative estimate of drug-likeness (QED) is 0.266. The molecule has 0 spiro atoms. The summed E-state index contributed by atoms with van der Waals surface area (Å²) in [6.45, 7) is 1.85. The Kier molecular flexibility index (Phi) is 6.19. The summed E-state index contributed by atoms with van der Waals surface area (Å²) in [5, 5.41) is 0. The minimum Gasteiger partial charge on any atom is -0.298 e. The van der Waals surface area contributed by atoms with Gasteiger partial charge in [-0.05, 0) is 18.9 Å². The van der Waals surface area contributed by atoms with Gasteiger partial charge in [-0.25, -0.2) is 0 Å². The van der Waals surface area contributed by atoms with Crippen molar-refractivity contribution < 1.29 is 4.79 Å². The number of hydrogen-bond acceptors (Lipinski definition) is 1. The van der Waals surface area contributed by atoms with E-state index >= 15 is 0 Å². The first-order chi connectivity index (χ1) is 4.85. The molecule has 0 aliphatic rings. The highest BCUT2D eigenvalue weighted by molar-refractivity contribution is 6.18. The van der Waals surface area contributed by atoms with Gasteiger partial charge in [-0.15, -0.1) is 11.6 Å². The molecule has 2 heteroatoms. The summed E-state index contributed by atoms with van der Waals surface area (Å²) < 4.78 is 0. The van der Waals surface area contributed by atoms with Crippen LogP contribution in [-0.2, 0) is 4.79 Å². The van der Waals surface area contributed by atoms with Crippen molar-refractivity contribution in [3.05, 3.63) is 23.8 Å². The van der Waals surface area contributed by atoms with Gasteiger partial charge in [-0.3, -0.25) is 4.79 Å². The van der Waals surface area contributed by atoms with Gasteiger partial charge < -0.3 is 0 Å². The lowest BCUT2D eigenvalue weighted by Crippen LogP contribution is -1.80. The summed E-state index contributed by atoms with van der Waals surface area (Å²) in [6.07, 6.45) is 7.06. The zero-order chi connectivity index (χ0) is 7.82. The molecule has 56 valence electrons. The third kappa shape index (κ3) is 4.33. The summed E-state index contributed by atoms with van der Waals surface area (Å²) in [5.74, 6) is 0.510. The highest BCUT2D eigenvalue weighted by atomic mass is 35.5. The molecule has 0 unspecified atom stereocenters. The molecule has 0 aromatic heterocycles. The standard InChI is InChI=1S/C8H11ClO/c1-2-8(7-10)5-3-4-6-9/h2-4,7H,5-6H2,1H3/b4-3-,8-2+. The first-order valence-electron chi connectivity index (χ1n) is 3.16. The predicted molar refractivity (Wildman–Crippen MR) is 44.3 cm³/mol. The van der Waals surface area contributed by atoms with Crippen molar-refractivity contribution in [2.24, 2.45) is 0 Å². The second kappa shape index (κ2) is 6.56. The van der Waals surface area contributed by atoms with Crippen LogP contribution in [0.1, 0.15) is 13.3 Å². The van der Waals surface area contributed by atoms with Crippen LogP contribution in [0.3, 0.4) is 0 Å². The predicted octanol–water partition coefficient (Wildman–Crippen LogP) is 2.32. The topological polar surface area (TPSA) is 17.1 Å². The van der Waals surface area contributed by atoms with Crippen molar-refractivity contribution in [2.45, 2.75) is 13.3 Å². The van der Waals surface area contributed by atoms with E-state index in [9.17, 15) is 4.79 Å². The van der Waals surface area contributed by atoms with Gasteiger partial charge in [0.05, 0.1) is 0 Å². The molecule has 0 N–H and O–H groups in total. The molecule has 0 bridgehead atoms. The van der Waals surface area contributed by atoms with Gasteiger partial charge in [-0.2, -0.15) is 0 Å². The highest BCUT2D eigenvalue weighted by Crippen LogP contribution is 1.97. The second-order valence-electron chi connectivity index (χ2n) is 1.81. The van der Waals surface area contributed by atoms with Crippen LogP contribution in [0.5, 0.6) is 0 Å². The summed E-state index contributed by atoms with van der Waals surface area (Å²) in [7, 11) is 0. The smallest absolute Gasteiger partial charge is 0.146 e. The van der Waals surface area contributed by atoms with Crippen molar-refractivity contribution in [1.29, 1.82) is 0 Å². The Balaban J connectivity index is 3.66. The van der Waals surface area contributed by atoms with Gasteiger partial charge in [0.2, 0.25) is 0 Å². The van der Waals surface area contributed by atoms with Crippen molar-refractivity contribution in [1.82, 2.24) is 0 Å². The van der Waals surface area contributed by atoms with Gasteiger partial charge in [0.25, 0.3) is 0 Å². The average Bonchev–Trinajstić information content (AvgIpc) is 1.99. The normalized spacial score (nSPS) is 12.4. The molecule has 0 heterocycles. The minimum atomic E-state index is 0.510. The number of rotatable bonds is 4. The number of hydrogen-bond donors (Lipinski definition) is 0. The van der Waals surface area contributed by atoms with Crippen molar-refractivity contribution in [3.63, 3.8) is 0 Å². The van der Waals surface area contributed by atoms with Crippen molar-refractivity contribution >= 4 is 17.9 Å². The third-order valence-corrected chi connectivity index (χ3v) is 1.31. The lowest BCUT2D eigenvalue weighted by molar-refractivity contribution is -0.105. The average molecular weight is 159 g/mol. The monoisotopic (exact) mass is 158 g/mol. The van der Waals surface area contributed by atoms with E-state index in [2.05, 4.69) is 0 Å². The fourth-order valence-electron chi connectivity index (χ4n) is 0.516. The Hall–Kier alpha value is -0.560. The second-order valence-corrected chi connectivity index (χ2v) is 2.12. The molecule has 0 radical (unpaired) electrons. The Morgan fingerprint density at radius 1 is 1.50 bits per heavy atom. The molecule has 0 aromatic rings. The van der Waals surface area contributed by atoms with Crippen LogP contribution in [0.25, 0.3) is 0 Å². The fraction of sp³-hybridized carbons (Fsp3) is 0.375. The lowest BCUT2D eigenvalue weighted by Gasteiger charge is -1.88. The number of aldehydes is 1. The van der Waals surface area contributed by atoms with E-state index in [0.29, 0.717) is 12.3 Å². The summed E-state index contributed by atoms with van der Waals surface area (Å²) >= 11 is 5.38. The van der Waals surface area contributed by atoms with Crippen molar-refractivity contribution in [3.8, 4) is 0 Å². The SMILES string of the molecule is C/C=C(/C=O)C/C=C\CCl. The largest absolute Gasteiger partial charge is 0.298 e. The molecule has 0 aliphatic carbocycles. The number of allylic oxidation sites excluding steroid dienone is 4. The van der Waals surface area contributed by atoms with E-state index in [1.165, 1.54) is 0 Å². The minimum absolute atomic E-state index is 0.510. The Labute approximate surface area is 66.4 Å². The Morgan fingerprint density at radius 2 is 2.20 bits per heavy atom. The van der Waals surface area contributed by atoms with E-state index < -0.39 is 0 Å². The Morgan fingerprint density at radius 3 is 2.60 bits per heavy atom. The zero-order valence-corrected chi connectivity index (χ0v) is 6.77. The highest BCUT2D eigenvalue weighted by Gasteiger charge is 1.86. The molecule has 0 aliphatic heterocycles. The van der Waals surface area contributed by atoms with E-state index in [4.69, 9.17) is 11.6 Å². The molecule has 0 saturated heterocycles. The molecule has 0 fully saturated rings. The van der Waals surface area contributed by atoms with Gasteiger partial charge >= 0.3 is 0 Å². The van der Waals surface area contributed by atoms with Gasteiger partial charge in [0, 0.05) is 5.88 Å². The molecule has 0 aromatic carbocycles. The third-order valence-electron chi connectivity index (χ3n) is 1.13. The van der Waals surface area contributed by atoms with Gasteiger partial charge in [-0.1, -0.05) is 18.2 Å². The van der Waals surface area contributed by atoms with Gasteiger partial charge in [0.1, 0.15) is 6.29 Å². The molecular formula is C8H11ClO. The van der Waals surface area contributed by atoms with Crippen LogP contribution in [0, 0.1) is 0 Å². The van der Waals surface area contributed by atoms with Crippen molar-refractivity contribution in [2.75, 3.05) is 5.88 Å². The number of halogens is 1. The zero-order valence-electron chi connectivity index (χ0n) is 6.01. The molecule has 0 saturated carbocycles. The van der Waals surface area contributed by atoms with E-state index in [0.717, 1.165) is 11.9 Å². The number of carbonyl (C=O) groups excluding carboxylic acids is 1. The summed E-state index contributed by atoms with van der Waals surface area (Å²) in [4.78, 5) is 10.2. The maximum absolute atomic E-state index is 10.2. The molecular weight excluding hydrogens is 148 g/mol. The van der Waals surface area contributed by atoms with Crippen LogP contribution >= 0.6 is 11.6 Å². The number of carbonyl (C=O) groups is 1. The van der Waals surface area contributed by atoms with Crippen LogP contribution in [0.2, 0.25) is 0 Å². The fourth-order valence-corrected chi connectivity index (χ4v) is 0.642. The lowest BCUT2D eigenvalue weighted by atomic mass is 10.2. The Bertz CT molecular complexity index is 147. The van der Waals surface area contributed by atoms with E-state index in [1.807, 2.05) is 19.1 Å². The first-order valence-corrected chi connectivity index (χ1v) is 3.70. The number of alkyl halides is 1. The van der Waals surface area contributed by atoms with E-state index in [1.54, 1.807) is 6.08 Å². The molecule has 10 heavy (non-hydrogen) atoms. The molecule has 0 rings (SSSR count). The molecule has 0 amide bonds. The van der Waals surface area contributed by atoms with E-state index in [-0.39, 0.29) is 0 Å². The maximum atomic E-state index is 10.2. The molecule has 1 nitrogen and oxygen atoms in total. The van der Waals surface area contributed by atoms with Gasteiger partial charge in [0.15, 0.2) is 0 Å². The molecule has 0 atom stereocenters. The van der Waals surface area contributed by atoms with Crippen LogP contribution in [-0.4, -0.2) is 12.2 Å². The van der Waals surface area contributed by atoms with Crippen LogP contribution in [0.15, 0.2) is 23.8 Å².